The smallest absolute Gasteiger partial charge is 0.257 e. The molecule has 1 heterocycles. The molecule has 98 valence electrons. The molecule has 1 saturated heterocycles. The number of hydrogen-bond donors (Lipinski definition) is 2. The first kappa shape index (κ1) is 13.6. The van der Waals surface area contributed by atoms with Crippen molar-refractivity contribution in [3.05, 3.63) is 27.3 Å². The van der Waals surface area contributed by atoms with Gasteiger partial charge in [0, 0.05) is 16.7 Å². The molecular formula is C13H17IN2O2. The second-order valence-corrected chi connectivity index (χ2v) is 5.88. The molecule has 1 aromatic carbocycles. The molecule has 0 aromatic heterocycles. The van der Waals surface area contributed by atoms with Gasteiger partial charge >= 0.3 is 0 Å². The third-order valence-corrected chi connectivity index (χ3v) is 4.10. The average molecular weight is 360 g/mol. The number of carbonyl (C=O) groups excluding carboxylic acids is 1. The number of halogens is 1. The average Bonchev–Trinajstić information content (AvgIpc) is 2.41. The molecular weight excluding hydrogens is 343 g/mol. The van der Waals surface area contributed by atoms with Gasteiger partial charge < -0.3 is 15.7 Å². The van der Waals surface area contributed by atoms with Gasteiger partial charge in [-0.2, -0.15) is 0 Å². The van der Waals surface area contributed by atoms with Gasteiger partial charge in [-0.25, -0.2) is 0 Å². The predicted octanol–water partition coefficient (Wildman–Crippen LogP) is 1.81. The maximum Gasteiger partial charge on any atom is 0.257 e. The lowest BCUT2D eigenvalue weighted by Crippen LogP contribution is -2.40. The molecule has 1 amide bonds. The Morgan fingerprint density at radius 1 is 1.44 bits per heavy atom. The Labute approximate surface area is 120 Å². The Morgan fingerprint density at radius 2 is 2.11 bits per heavy atom. The van der Waals surface area contributed by atoms with Gasteiger partial charge in [-0.3, -0.25) is 4.79 Å². The molecule has 0 aliphatic carbocycles. The van der Waals surface area contributed by atoms with Crippen molar-refractivity contribution in [3.8, 4) is 5.75 Å². The van der Waals surface area contributed by atoms with Gasteiger partial charge in [0.1, 0.15) is 5.75 Å². The largest absolute Gasteiger partial charge is 0.507 e. The van der Waals surface area contributed by atoms with Crippen molar-refractivity contribution >= 4 is 28.5 Å². The van der Waals surface area contributed by atoms with E-state index in [1.807, 2.05) is 0 Å². The van der Waals surface area contributed by atoms with Crippen LogP contribution in [0.4, 0.5) is 0 Å². The zero-order valence-corrected chi connectivity index (χ0v) is 12.3. The first-order valence-electron chi connectivity index (χ1n) is 6.09. The molecule has 1 aliphatic rings. The molecule has 2 rings (SSSR count). The van der Waals surface area contributed by atoms with E-state index in [0.717, 1.165) is 29.5 Å². The number of nitrogens with zero attached hydrogens (tertiary/aromatic N) is 1. The van der Waals surface area contributed by atoms with Crippen LogP contribution in [0.5, 0.6) is 5.75 Å². The summed E-state index contributed by atoms with van der Waals surface area (Å²) in [5.74, 6) is 0.501. The third kappa shape index (κ3) is 2.95. The van der Waals surface area contributed by atoms with Gasteiger partial charge in [0.2, 0.25) is 0 Å². The molecule has 1 aliphatic heterocycles. The number of aromatic hydroxyl groups is 1. The quantitative estimate of drug-likeness (QED) is 0.791. The number of nitrogens with two attached hydrogens (primary N) is 1. The van der Waals surface area contributed by atoms with Crippen molar-refractivity contribution in [3.63, 3.8) is 0 Å². The van der Waals surface area contributed by atoms with Crippen LogP contribution >= 0.6 is 22.6 Å². The molecule has 0 unspecified atom stereocenters. The highest BCUT2D eigenvalue weighted by Crippen LogP contribution is 2.24. The summed E-state index contributed by atoms with van der Waals surface area (Å²) < 4.78 is 0.950. The monoisotopic (exact) mass is 360 g/mol. The van der Waals surface area contributed by atoms with Gasteiger partial charge in [-0.15, -0.1) is 0 Å². The zero-order chi connectivity index (χ0) is 13.1. The molecule has 3 N–H and O–H groups in total. The van der Waals surface area contributed by atoms with E-state index in [2.05, 4.69) is 22.6 Å². The van der Waals surface area contributed by atoms with E-state index in [-0.39, 0.29) is 11.7 Å². The normalized spacial score (nSPS) is 16.9. The molecule has 0 radical (unpaired) electrons. The van der Waals surface area contributed by atoms with Crippen LogP contribution in [-0.2, 0) is 0 Å². The fourth-order valence-corrected chi connectivity index (χ4v) is 2.71. The number of likely N-dealkylation sites (tertiary alicyclic amines) is 1. The Balaban J connectivity index is 2.10. The van der Waals surface area contributed by atoms with Crippen LogP contribution in [0.25, 0.3) is 0 Å². The summed E-state index contributed by atoms with van der Waals surface area (Å²) in [6.45, 7) is 2.15. The van der Waals surface area contributed by atoms with Crippen LogP contribution in [0.15, 0.2) is 18.2 Å². The van der Waals surface area contributed by atoms with Crippen LogP contribution in [0.3, 0.4) is 0 Å². The van der Waals surface area contributed by atoms with E-state index in [9.17, 15) is 9.90 Å². The van der Waals surface area contributed by atoms with Crippen molar-refractivity contribution in [2.45, 2.75) is 12.8 Å². The lowest BCUT2D eigenvalue weighted by atomic mass is 9.96. The Bertz CT molecular complexity index is 443. The SMILES string of the molecule is NCC1CCN(C(=O)c2cc(I)ccc2O)CC1. The van der Waals surface area contributed by atoms with E-state index in [1.54, 1.807) is 23.1 Å². The molecule has 1 aromatic rings. The van der Waals surface area contributed by atoms with E-state index in [4.69, 9.17) is 5.73 Å². The van der Waals surface area contributed by atoms with Crippen LogP contribution < -0.4 is 5.73 Å². The highest BCUT2D eigenvalue weighted by molar-refractivity contribution is 14.1. The molecule has 18 heavy (non-hydrogen) atoms. The standard InChI is InChI=1S/C13H17IN2O2/c14-10-1-2-12(17)11(7-10)13(18)16-5-3-9(8-15)4-6-16/h1-2,7,9,17H,3-6,8,15H2. The molecule has 4 nitrogen and oxygen atoms in total. The second kappa shape index (κ2) is 5.88. The summed E-state index contributed by atoms with van der Waals surface area (Å²) in [5, 5.41) is 9.76. The van der Waals surface area contributed by atoms with Crippen LogP contribution in [0.1, 0.15) is 23.2 Å². The van der Waals surface area contributed by atoms with E-state index in [0.29, 0.717) is 18.0 Å². The number of benzene rings is 1. The van der Waals surface area contributed by atoms with E-state index >= 15 is 0 Å². The number of rotatable bonds is 2. The molecule has 0 bridgehead atoms. The van der Waals surface area contributed by atoms with Crippen LogP contribution in [-0.4, -0.2) is 35.5 Å². The molecule has 5 heteroatoms. The van der Waals surface area contributed by atoms with Gasteiger partial charge in [-0.05, 0) is 66.1 Å². The number of piperidine rings is 1. The summed E-state index contributed by atoms with van der Waals surface area (Å²) in [6, 6.07) is 5.09. The third-order valence-electron chi connectivity index (χ3n) is 3.42. The molecule has 0 atom stereocenters. The fourth-order valence-electron chi connectivity index (χ4n) is 2.22. The van der Waals surface area contributed by atoms with Crippen molar-refractivity contribution in [2.24, 2.45) is 11.7 Å². The number of phenols is 1. The summed E-state index contributed by atoms with van der Waals surface area (Å²) in [6.07, 6.45) is 1.90. The number of carbonyl (C=O) groups is 1. The number of amides is 1. The van der Waals surface area contributed by atoms with Crippen LogP contribution in [0, 0.1) is 9.49 Å². The molecule has 1 fully saturated rings. The highest BCUT2D eigenvalue weighted by Gasteiger charge is 2.24. The Hall–Kier alpha value is -0.820. The van der Waals surface area contributed by atoms with Gasteiger partial charge in [0.05, 0.1) is 5.56 Å². The molecule has 0 saturated carbocycles. The van der Waals surface area contributed by atoms with E-state index < -0.39 is 0 Å². The lowest BCUT2D eigenvalue weighted by Gasteiger charge is -2.31. The minimum absolute atomic E-state index is 0.0568. The topological polar surface area (TPSA) is 66.6 Å². The first-order valence-corrected chi connectivity index (χ1v) is 7.17. The van der Waals surface area contributed by atoms with Gasteiger partial charge in [-0.1, -0.05) is 0 Å². The summed E-state index contributed by atoms with van der Waals surface area (Å²) in [7, 11) is 0. The number of phenolic OH excluding ortho intramolecular Hbond substituents is 1. The minimum atomic E-state index is -0.0820. The summed E-state index contributed by atoms with van der Waals surface area (Å²) in [5.41, 5.74) is 6.03. The second-order valence-electron chi connectivity index (χ2n) is 4.63. The highest BCUT2D eigenvalue weighted by atomic mass is 127. The lowest BCUT2D eigenvalue weighted by molar-refractivity contribution is 0.0690. The van der Waals surface area contributed by atoms with Crippen molar-refractivity contribution in [1.29, 1.82) is 0 Å². The van der Waals surface area contributed by atoms with Crippen molar-refractivity contribution in [2.75, 3.05) is 19.6 Å². The summed E-state index contributed by atoms with van der Waals surface area (Å²) in [4.78, 5) is 14.1. The van der Waals surface area contributed by atoms with Gasteiger partial charge in [0.25, 0.3) is 5.91 Å². The van der Waals surface area contributed by atoms with Crippen LogP contribution in [0.2, 0.25) is 0 Å². The maximum atomic E-state index is 12.3. The van der Waals surface area contributed by atoms with Gasteiger partial charge in [0.15, 0.2) is 0 Å². The summed E-state index contributed by atoms with van der Waals surface area (Å²) >= 11 is 2.14. The minimum Gasteiger partial charge on any atom is -0.507 e. The van der Waals surface area contributed by atoms with E-state index in [1.165, 1.54) is 0 Å². The Kier molecular flexibility index (Phi) is 4.45. The zero-order valence-electron chi connectivity index (χ0n) is 10.1. The van der Waals surface area contributed by atoms with Crippen molar-refractivity contribution < 1.29 is 9.90 Å². The fraction of sp³-hybridized carbons (Fsp3) is 0.462. The molecule has 0 spiro atoms. The number of hydrogen-bond acceptors (Lipinski definition) is 3. The first-order chi connectivity index (χ1) is 8.61. The maximum absolute atomic E-state index is 12.3. The van der Waals surface area contributed by atoms with Crippen molar-refractivity contribution in [1.82, 2.24) is 4.90 Å². The predicted molar refractivity (Wildman–Crippen MR) is 78.5 cm³/mol. The Morgan fingerprint density at radius 3 is 2.72 bits per heavy atom.